The summed E-state index contributed by atoms with van der Waals surface area (Å²) in [6.45, 7) is 2.54. The molecule has 0 aromatic carbocycles. The van der Waals surface area contributed by atoms with Crippen LogP contribution in [0.2, 0.25) is 0 Å². The fraction of sp³-hybridized carbons (Fsp3) is 0.700. The second kappa shape index (κ2) is 4.53. The molecule has 2 rings (SSSR count). The van der Waals surface area contributed by atoms with Gasteiger partial charge in [0.15, 0.2) is 5.82 Å². The van der Waals surface area contributed by atoms with Gasteiger partial charge in [-0.2, -0.15) is 5.10 Å². The van der Waals surface area contributed by atoms with E-state index in [2.05, 4.69) is 15.0 Å². The van der Waals surface area contributed by atoms with Gasteiger partial charge < -0.3 is 0 Å². The highest BCUT2D eigenvalue weighted by atomic mass is 16.1. The van der Waals surface area contributed by atoms with E-state index in [0.717, 1.165) is 13.1 Å². The molecule has 1 saturated heterocycles. The second-order valence-electron chi connectivity index (χ2n) is 3.97. The number of ketones is 1. The summed E-state index contributed by atoms with van der Waals surface area (Å²) in [5, 5.41) is 3.90. The summed E-state index contributed by atoms with van der Waals surface area (Å²) < 4.78 is 1.53. The molecule has 1 aliphatic rings. The van der Waals surface area contributed by atoms with E-state index in [9.17, 15) is 4.79 Å². The van der Waals surface area contributed by atoms with E-state index in [1.807, 2.05) is 0 Å². The number of Topliss-reactive ketones (excluding diaryl/α,β-unsaturated/α-hetero) is 1. The van der Waals surface area contributed by atoms with Crippen molar-refractivity contribution in [2.24, 2.45) is 7.05 Å². The van der Waals surface area contributed by atoms with Crippen molar-refractivity contribution in [1.29, 1.82) is 0 Å². The lowest BCUT2D eigenvalue weighted by atomic mass is 10.1. The Hall–Kier alpha value is -1.23. The first-order valence-corrected chi connectivity index (χ1v) is 5.37. The molecule has 1 fully saturated rings. The van der Waals surface area contributed by atoms with Gasteiger partial charge >= 0.3 is 0 Å². The highest BCUT2D eigenvalue weighted by Gasteiger charge is 2.17. The van der Waals surface area contributed by atoms with Gasteiger partial charge in [0.1, 0.15) is 6.33 Å². The largest absolute Gasteiger partial charge is 0.296 e. The van der Waals surface area contributed by atoms with Crippen LogP contribution in [-0.4, -0.2) is 45.1 Å². The molecule has 5 heteroatoms. The van der Waals surface area contributed by atoms with Crippen LogP contribution in [0, 0.1) is 0 Å². The quantitative estimate of drug-likeness (QED) is 0.678. The van der Waals surface area contributed by atoms with E-state index in [1.54, 1.807) is 7.05 Å². The number of rotatable bonds is 3. The molecule has 2 heterocycles. The van der Waals surface area contributed by atoms with Crippen LogP contribution in [0.1, 0.15) is 29.9 Å². The summed E-state index contributed by atoms with van der Waals surface area (Å²) in [5.74, 6) is 0.525. The summed E-state index contributed by atoms with van der Waals surface area (Å²) in [6, 6.07) is 0. The van der Waals surface area contributed by atoms with Crippen LogP contribution in [0.15, 0.2) is 6.33 Å². The smallest absolute Gasteiger partial charge is 0.213 e. The molecule has 0 unspecified atom stereocenters. The first-order valence-electron chi connectivity index (χ1n) is 5.37. The minimum Gasteiger partial charge on any atom is -0.296 e. The first kappa shape index (κ1) is 10.3. The van der Waals surface area contributed by atoms with Crippen molar-refractivity contribution in [2.45, 2.75) is 19.3 Å². The fourth-order valence-electron chi connectivity index (χ4n) is 1.94. The third-order valence-corrected chi connectivity index (χ3v) is 2.78. The molecule has 15 heavy (non-hydrogen) atoms. The number of aryl methyl sites for hydroxylation is 1. The molecule has 82 valence electrons. The van der Waals surface area contributed by atoms with Crippen LogP contribution < -0.4 is 0 Å². The minimum atomic E-state index is 0.0666. The number of likely N-dealkylation sites (tertiary alicyclic amines) is 1. The summed E-state index contributed by atoms with van der Waals surface area (Å²) >= 11 is 0. The van der Waals surface area contributed by atoms with Crippen LogP contribution in [0.4, 0.5) is 0 Å². The highest BCUT2D eigenvalue weighted by Crippen LogP contribution is 2.09. The van der Waals surface area contributed by atoms with E-state index in [1.165, 1.54) is 30.3 Å². The molecule has 1 aliphatic heterocycles. The molecule has 0 spiro atoms. The predicted octanol–water partition coefficient (Wildman–Crippen LogP) is 0.484. The normalized spacial score (nSPS) is 17.9. The van der Waals surface area contributed by atoms with Gasteiger partial charge in [-0.1, -0.05) is 6.42 Å². The molecular weight excluding hydrogens is 192 g/mol. The lowest BCUT2D eigenvalue weighted by molar-refractivity contribution is 0.0901. The third-order valence-electron chi connectivity index (χ3n) is 2.78. The van der Waals surface area contributed by atoms with E-state index in [-0.39, 0.29) is 5.78 Å². The second-order valence-corrected chi connectivity index (χ2v) is 3.97. The SMILES string of the molecule is Cn1ncnc1C(=O)CN1CCCCC1. The molecule has 1 aromatic rings. The van der Waals surface area contributed by atoms with Gasteiger partial charge in [-0.15, -0.1) is 0 Å². The minimum absolute atomic E-state index is 0.0666. The van der Waals surface area contributed by atoms with Gasteiger partial charge in [0, 0.05) is 7.05 Å². The number of aromatic nitrogens is 3. The van der Waals surface area contributed by atoms with Gasteiger partial charge in [-0.3, -0.25) is 9.69 Å². The Balaban J connectivity index is 1.94. The van der Waals surface area contributed by atoms with Gasteiger partial charge in [0.2, 0.25) is 5.78 Å². The first-order chi connectivity index (χ1) is 7.27. The van der Waals surface area contributed by atoms with Crippen molar-refractivity contribution in [3.8, 4) is 0 Å². The molecule has 1 aromatic heterocycles. The summed E-state index contributed by atoms with van der Waals surface area (Å²) in [5.41, 5.74) is 0. The number of carbonyl (C=O) groups excluding carboxylic acids is 1. The number of hydrogen-bond acceptors (Lipinski definition) is 4. The Labute approximate surface area is 89.1 Å². The van der Waals surface area contributed by atoms with Gasteiger partial charge in [-0.25, -0.2) is 9.67 Å². The van der Waals surface area contributed by atoms with Gasteiger partial charge in [0.25, 0.3) is 0 Å². The Kier molecular flexibility index (Phi) is 3.11. The van der Waals surface area contributed by atoms with Crippen molar-refractivity contribution in [2.75, 3.05) is 19.6 Å². The maximum Gasteiger partial charge on any atom is 0.213 e. The van der Waals surface area contributed by atoms with Crippen molar-refractivity contribution in [1.82, 2.24) is 19.7 Å². The van der Waals surface area contributed by atoms with E-state index >= 15 is 0 Å². The number of hydrogen-bond donors (Lipinski definition) is 0. The van der Waals surface area contributed by atoms with E-state index in [4.69, 9.17) is 0 Å². The predicted molar refractivity (Wildman–Crippen MR) is 55.6 cm³/mol. The average molecular weight is 208 g/mol. The van der Waals surface area contributed by atoms with E-state index < -0.39 is 0 Å². The molecule has 0 atom stereocenters. The number of carbonyl (C=O) groups is 1. The molecule has 0 radical (unpaired) electrons. The summed E-state index contributed by atoms with van der Waals surface area (Å²) in [7, 11) is 1.75. The van der Waals surface area contributed by atoms with Crippen molar-refractivity contribution in [3.05, 3.63) is 12.2 Å². The van der Waals surface area contributed by atoms with Crippen LogP contribution in [0.3, 0.4) is 0 Å². The van der Waals surface area contributed by atoms with E-state index in [0.29, 0.717) is 12.4 Å². The molecule has 0 bridgehead atoms. The lowest BCUT2D eigenvalue weighted by Crippen LogP contribution is -2.35. The number of nitrogens with zero attached hydrogens (tertiary/aromatic N) is 4. The van der Waals surface area contributed by atoms with Crippen molar-refractivity contribution < 1.29 is 4.79 Å². The zero-order chi connectivity index (χ0) is 10.7. The summed E-state index contributed by atoms with van der Waals surface area (Å²) in [4.78, 5) is 18.0. The summed E-state index contributed by atoms with van der Waals surface area (Å²) in [6.07, 6.45) is 5.11. The van der Waals surface area contributed by atoms with Gasteiger partial charge in [-0.05, 0) is 25.9 Å². The molecule has 5 nitrogen and oxygen atoms in total. The topological polar surface area (TPSA) is 51.0 Å². The van der Waals surface area contributed by atoms with Crippen molar-refractivity contribution >= 4 is 5.78 Å². The molecular formula is C10H16N4O. The molecule has 0 aliphatic carbocycles. The molecule has 0 amide bonds. The Morgan fingerprint density at radius 3 is 2.73 bits per heavy atom. The number of piperidine rings is 1. The Morgan fingerprint density at radius 2 is 2.13 bits per heavy atom. The average Bonchev–Trinajstić information content (AvgIpc) is 2.66. The fourth-order valence-corrected chi connectivity index (χ4v) is 1.94. The van der Waals surface area contributed by atoms with Gasteiger partial charge in [0.05, 0.1) is 6.54 Å². The maximum absolute atomic E-state index is 11.8. The molecule has 0 N–H and O–H groups in total. The maximum atomic E-state index is 11.8. The van der Waals surface area contributed by atoms with Crippen molar-refractivity contribution in [3.63, 3.8) is 0 Å². The Morgan fingerprint density at radius 1 is 1.40 bits per heavy atom. The van der Waals surface area contributed by atoms with Crippen LogP contribution >= 0.6 is 0 Å². The van der Waals surface area contributed by atoms with Crippen LogP contribution in [-0.2, 0) is 7.05 Å². The zero-order valence-electron chi connectivity index (χ0n) is 9.02. The molecule has 0 saturated carbocycles. The Bertz CT molecular complexity index is 341. The monoisotopic (exact) mass is 208 g/mol. The third kappa shape index (κ3) is 2.41. The van der Waals surface area contributed by atoms with Crippen LogP contribution in [0.25, 0.3) is 0 Å². The standard InChI is InChI=1S/C10H16N4O/c1-13-10(11-8-12-13)9(15)7-14-5-3-2-4-6-14/h8H,2-7H2,1H3. The van der Waals surface area contributed by atoms with Crippen LogP contribution in [0.5, 0.6) is 0 Å². The zero-order valence-corrected chi connectivity index (χ0v) is 9.02. The highest BCUT2D eigenvalue weighted by molar-refractivity contribution is 5.94. The lowest BCUT2D eigenvalue weighted by Gasteiger charge is -2.25.